The summed E-state index contributed by atoms with van der Waals surface area (Å²) in [7, 11) is 1.61. The van der Waals surface area contributed by atoms with Crippen LogP contribution in [0.3, 0.4) is 0 Å². The Labute approximate surface area is 77.1 Å². The number of Topliss-reactive ketones (excluding diaryl/α,β-unsaturated/α-hetero) is 1. The van der Waals surface area contributed by atoms with Crippen molar-refractivity contribution in [1.82, 2.24) is 4.98 Å². The molecule has 0 fully saturated rings. The Morgan fingerprint density at radius 1 is 1.38 bits per heavy atom. The normalized spacial score (nSPS) is 15.7. The van der Waals surface area contributed by atoms with Gasteiger partial charge in [-0.1, -0.05) is 0 Å². The second-order valence-electron chi connectivity index (χ2n) is 3.41. The van der Waals surface area contributed by atoms with Crippen LogP contribution in [0, 0.1) is 6.92 Å². The molecule has 3 nitrogen and oxygen atoms in total. The molecule has 70 valence electrons. The predicted octanol–water partition coefficient (Wildman–Crippen LogP) is 1.85. The van der Waals surface area contributed by atoms with E-state index in [1.807, 2.05) is 6.92 Å². The molecule has 1 aliphatic carbocycles. The molecule has 13 heavy (non-hydrogen) atoms. The number of aromatic amines is 1. The molecule has 0 aliphatic heterocycles. The number of aromatic nitrogens is 1. The van der Waals surface area contributed by atoms with Gasteiger partial charge in [-0.25, -0.2) is 0 Å². The van der Waals surface area contributed by atoms with Gasteiger partial charge >= 0.3 is 0 Å². The molecule has 0 saturated heterocycles. The van der Waals surface area contributed by atoms with Crippen molar-refractivity contribution in [1.29, 1.82) is 0 Å². The summed E-state index contributed by atoms with van der Waals surface area (Å²) in [5, 5.41) is 0. The fourth-order valence-electron chi connectivity index (χ4n) is 1.96. The smallest absolute Gasteiger partial charge is 0.168 e. The van der Waals surface area contributed by atoms with Crippen molar-refractivity contribution in [2.45, 2.75) is 26.2 Å². The lowest BCUT2D eigenvalue weighted by Gasteiger charge is -2.10. The number of carbonyl (C=O) groups is 1. The summed E-state index contributed by atoms with van der Waals surface area (Å²) in [5.41, 5.74) is 2.79. The SMILES string of the molecule is COc1c(C)[nH]c2c1C(=O)CCC2. The lowest BCUT2D eigenvalue weighted by atomic mass is 9.96. The van der Waals surface area contributed by atoms with E-state index in [1.54, 1.807) is 7.11 Å². The van der Waals surface area contributed by atoms with Crippen molar-refractivity contribution in [2.75, 3.05) is 7.11 Å². The molecule has 2 rings (SSSR count). The summed E-state index contributed by atoms with van der Waals surface area (Å²) in [6.07, 6.45) is 2.57. The van der Waals surface area contributed by atoms with Gasteiger partial charge in [-0.15, -0.1) is 0 Å². The Balaban J connectivity index is 2.58. The molecule has 0 saturated carbocycles. The minimum absolute atomic E-state index is 0.211. The van der Waals surface area contributed by atoms with E-state index in [4.69, 9.17) is 4.74 Å². The van der Waals surface area contributed by atoms with Crippen LogP contribution < -0.4 is 4.74 Å². The number of rotatable bonds is 1. The highest BCUT2D eigenvalue weighted by molar-refractivity contribution is 6.01. The van der Waals surface area contributed by atoms with Crippen molar-refractivity contribution in [3.8, 4) is 5.75 Å². The number of ketones is 1. The lowest BCUT2D eigenvalue weighted by molar-refractivity contribution is 0.0969. The van der Waals surface area contributed by atoms with E-state index in [0.29, 0.717) is 6.42 Å². The van der Waals surface area contributed by atoms with Crippen LogP contribution in [0.15, 0.2) is 0 Å². The fourth-order valence-corrected chi connectivity index (χ4v) is 1.96. The van der Waals surface area contributed by atoms with E-state index in [0.717, 1.165) is 35.5 Å². The van der Waals surface area contributed by atoms with Crippen molar-refractivity contribution in [2.24, 2.45) is 0 Å². The molecule has 0 bridgehead atoms. The van der Waals surface area contributed by atoms with E-state index in [1.165, 1.54) is 0 Å². The summed E-state index contributed by atoms with van der Waals surface area (Å²) in [6.45, 7) is 1.93. The second kappa shape index (κ2) is 2.91. The zero-order valence-corrected chi connectivity index (χ0v) is 7.94. The number of methoxy groups -OCH3 is 1. The number of aryl methyl sites for hydroxylation is 2. The zero-order valence-electron chi connectivity index (χ0n) is 7.94. The fraction of sp³-hybridized carbons (Fsp3) is 0.500. The number of H-pyrrole nitrogens is 1. The highest BCUT2D eigenvalue weighted by Crippen LogP contribution is 2.32. The van der Waals surface area contributed by atoms with Gasteiger partial charge in [-0.2, -0.15) is 0 Å². The number of hydrogen-bond donors (Lipinski definition) is 1. The number of hydrogen-bond acceptors (Lipinski definition) is 2. The molecule has 0 spiro atoms. The van der Waals surface area contributed by atoms with E-state index in [-0.39, 0.29) is 5.78 Å². The molecule has 0 atom stereocenters. The number of fused-ring (bicyclic) bond motifs is 1. The molecule has 1 aliphatic rings. The molecular formula is C10H13NO2. The van der Waals surface area contributed by atoms with Crippen molar-refractivity contribution in [3.63, 3.8) is 0 Å². The van der Waals surface area contributed by atoms with E-state index < -0.39 is 0 Å². The van der Waals surface area contributed by atoms with Crippen molar-refractivity contribution >= 4 is 5.78 Å². The Morgan fingerprint density at radius 2 is 2.15 bits per heavy atom. The summed E-state index contributed by atoms with van der Waals surface area (Å²) in [5.74, 6) is 0.946. The monoisotopic (exact) mass is 179 g/mol. The van der Waals surface area contributed by atoms with Gasteiger partial charge in [0.05, 0.1) is 18.4 Å². The molecule has 0 aromatic carbocycles. The van der Waals surface area contributed by atoms with E-state index in [2.05, 4.69) is 4.98 Å². The maximum Gasteiger partial charge on any atom is 0.168 e. The van der Waals surface area contributed by atoms with Gasteiger partial charge in [0.2, 0.25) is 0 Å². The van der Waals surface area contributed by atoms with Gasteiger partial charge in [0.1, 0.15) is 5.75 Å². The third kappa shape index (κ3) is 1.15. The Bertz CT molecular complexity index is 352. The Hall–Kier alpha value is -1.25. The van der Waals surface area contributed by atoms with E-state index >= 15 is 0 Å². The van der Waals surface area contributed by atoms with Crippen LogP contribution in [0.4, 0.5) is 0 Å². The molecule has 0 amide bonds. The van der Waals surface area contributed by atoms with Gasteiger partial charge in [0.25, 0.3) is 0 Å². The molecular weight excluding hydrogens is 166 g/mol. The highest BCUT2D eigenvalue weighted by Gasteiger charge is 2.25. The first-order valence-corrected chi connectivity index (χ1v) is 4.52. The maximum atomic E-state index is 11.6. The first-order chi connectivity index (χ1) is 6.24. The van der Waals surface area contributed by atoms with Gasteiger partial charge in [-0.3, -0.25) is 4.79 Å². The van der Waals surface area contributed by atoms with Crippen molar-refractivity contribution < 1.29 is 9.53 Å². The zero-order chi connectivity index (χ0) is 9.42. The number of ether oxygens (including phenoxy) is 1. The summed E-state index contributed by atoms with van der Waals surface area (Å²) < 4.78 is 5.20. The molecule has 1 N–H and O–H groups in total. The van der Waals surface area contributed by atoms with Crippen LogP contribution in [0.2, 0.25) is 0 Å². The Kier molecular flexibility index (Phi) is 1.87. The van der Waals surface area contributed by atoms with Crippen LogP contribution in [0.5, 0.6) is 5.75 Å². The number of carbonyl (C=O) groups excluding carboxylic acids is 1. The minimum Gasteiger partial charge on any atom is -0.494 e. The van der Waals surface area contributed by atoms with Gasteiger partial charge < -0.3 is 9.72 Å². The number of nitrogens with one attached hydrogen (secondary N) is 1. The average molecular weight is 179 g/mol. The second-order valence-corrected chi connectivity index (χ2v) is 3.41. The van der Waals surface area contributed by atoms with Crippen molar-refractivity contribution in [3.05, 3.63) is 17.0 Å². The Morgan fingerprint density at radius 3 is 2.85 bits per heavy atom. The van der Waals surface area contributed by atoms with Gasteiger partial charge in [-0.05, 0) is 19.8 Å². The lowest BCUT2D eigenvalue weighted by Crippen LogP contribution is -2.09. The molecule has 0 radical (unpaired) electrons. The van der Waals surface area contributed by atoms with Gasteiger partial charge in [0.15, 0.2) is 5.78 Å². The topological polar surface area (TPSA) is 42.1 Å². The minimum atomic E-state index is 0.211. The molecule has 1 heterocycles. The highest BCUT2D eigenvalue weighted by atomic mass is 16.5. The van der Waals surface area contributed by atoms with Crippen LogP contribution >= 0.6 is 0 Å². The molecule has 1 aromatic heterocycles. The quantitative estimate of drug-likeness (QED) is 0.714. The predicted molar refractivity (Wildman–Crippen MR) is 49.4 cm³/mol. The standard InChI is InChI=1S/C10H13NO2/c1-6-10(13-2)9-7(11-6)4-3-5-8(9)12/h11H,3-5H2,1-2H3. The first-order valence-electron chi connectivity index (χ1n) is 4.52. The molecule has 0 unspecified atom stereocenters. The largest absolute Gasteiger partial charge is 0.494 e. The van der Waals surface area contributed by atoms with Crippen LogP contribution in [-0.2, 0) is 6.42 Å². The molecule has 1 aromatic rings. The third-order valence-electron chi connectivity index (χ3n) is 2.52. The summed E-state index contributed by atoms with van der Waals surface area (Å²) in [4.78, 5) is 14.8. The van der Waals surface area contributed by atoms with E-state index in [9.17, 15) is 4.79 Å². The van der Waals surface area contributed by atoms with Gasteiger partial charge in [0, 0.05) is 12.1 Å². The summed E-state index contributed by atoms with van der Waals surface area (Å²) in [6, 6.07) is 0. The first kappa shape index (κ1) is 8.35. The summed E-state index contributed by atoms with van der Waals surface area (Å²) >= 11 is 0. The molecule has 3 heteroatoms. The van der Waals surface area contributed by atoms with Crippen LogP contribution in [-0.4, -0.2) is 17.9 Å². The van der Waals surface area contributed by atoms with Crippen LogP contribution in [0.1, 0.15) is 34.6 Å². The maximum absolute atomic E-state index is 11.6. The third-order valence-corrected chi connectivity index (χ3v) is 2.52. The average Bonchev–Trinajstić information content (AvgIpc) is 2.42. The van der Waals surface area contributed by atoms with Crippen LogP contribution in [0.25, 0.3) is 0 Å².